The number of hydrogen-bond donors (Lipinski definition) is 1. The van der Waals surface area contributed by atoms with Crippen molar-refractivity contribution in [2.24, 2.45) is 0 Å². The van der Waals surface area contributed by atoms with Crippen LogP contribution < -0.4 is 5.56 Å². The monoisotopic (exact) mass is 277 g/mol. The van der Waals surface area contributed by atoms with Crippen molar-refractivity contribution in [3.63, 3.8) is 0 Å². The van der Waals surface area contributed by atoms with Gasteiger partial charge in [0.15, 0.2) is 0 Å². The molecule has 0 radical (unpaired) electrons. The molecule has 0 aliphatic rings. The molecule has 20 heavy (non-hydrogen) atoms. The summed E-state index contributed by atoms with van der Waals surface area (Å²) in [5, 5.41) is 14.5. The number of aryl methyl sites for hydroxylation is 3. The molecule has 0 bridgehead atoms. The Morgan fingerprint density at radius 2 is 2.10 bits per heavy atom. The summed E-state index contributed by atoms with van der Waals surface area (Å²) in [6.07, 6.45) is 0.861. The van der Waals surface area contributed by atoms with Gasteiger partial charge in [-0.3, -0.25) is 9.36 Å². The first-order chi connectivity index (χ1) is 9.38. The molecule has 0 fully saturated rings. The molecule has 1 N–H and O–H groups in total. The van der Waals surface area contributed by atoms with E-state index in [1.165, 1.54) is 17.6 Å². The van der Waals surface area contributed by atoms with E-state index >= 15 is 0 Å². The van der Waals surface area contributed by atoms with Crippen LogP contribution in [0.1, 0.15) is 37.6 Å². The summed E-state index contributed by atoms with van der Waals surface area (Å²) in [6.45, 7) is 7.91. The van der Waals surface area contributed by atoms with Crippen molar-refractivity contribution in [2.75, 3.05) is 0 Å². The molecule has 0 aliphatic carbocycles. The summed E-state index contributed by atoms with van der Waals surface area (Å²) in [5.41, 5.74) is 1.95. The van der Waals surface area contributed by atoms with Gasteiger partial charge in [-0.15, -0.1) is 0 Å². The van der Waals surface area contributed by atoms with Crippen molar-refractivity contribution in [3.05, 3.63) is 27.7 Å². The second kappa shape index (κ2) is 5.11. The van der Waals surface area contributed by atoms with E-state index in [-0.39, 0.29) is 5.56 Å². The molecule has 108 valence electrons. The van der Waals surface area contributed by atoms with E-state index in [0.717, 1.165) is 23.1 Å². The minimum Gasteiger partial charge on any atom is -0.480 e. The lowest BCUT2D eigenvalue weighted by Crippen LogP contribution is -2.29. The maximum Gasteiger partial charge on any atom is 0.326 e. The Morgan fingerprint density at radius 3 is 2.65 bits per heavy atom. The zero-order valence-electron chi connectivity index (χ0n) is 12.2. The first kappa shape index (κ1) is 14.3. The number of nitrogens with zero attached hydrogens (tertiary/aromatic N) is 3. The van der Waals surface area contributed by atoms with Gasteiger partial charge in [0.2, 0.25) is 0 Å². The number of pyridine rings is 1. The molecule has 2 aromatic rings. The molecule has 1 atom stereocenters. The van der Waals surface area contributed by atoms with Gasteiger partial charge in [0.05, 0.1) is 5.69 Å². The fraction of sp³-hybridized carbons (Fsp3) is 0.500. The molecule has 1 unspecified atom stereocenters. The van der Waals surface area contributed by atoms with E-state index < -0.39 is 12.0 Å². The summed E-state index contributed by atoms with van der Waals surface area (Å²) < 4.78 is 3.05. The summed E-state index contributed by atoms with van der Waals surface area (Å²) in [7, 11) is 0. The van der Waals surface area contributed by atoms with Gasteiger partial charge in [-0.05, 0) is 32.8 Å². The molecule has 0 aromatic carbocycles. The van der Waals surface area contributed by atoms with Gasteiger partial charge >= 0.3 is 5.97 Å². The van der Waals surface area contributed by atoms with E-state index in [0.29, 0.717) is 12.2 Å². The third-order valence-electron chi connectivity index (χ3n) is 3.48. The number of fused-ring (bicyclic) bond motifs is 1. The smallest absolute Gasteiger partial charge is 0.326 e. The Balaban J connectivity index is 2.92. The Labute approximate surface area is 116 Å². The lowest BCUT2D eigenvalue weighted by Gasteiger charge is -2.15. The number of hydrogen-bond acceptors (Lipinski definition) is 3. The highest BCUT2D eigenvalue weighted by Gasteiger charge is 2.22. The van der Waals surface area contributed by atoms with Crippen molar-refractivity contribution < 1.29 is 9.90 Å². The fourth-order valence-corrected chi connectivity index (χ4v) is 2.56. The summed E-state index contributed by atoms with van der Waals surface area (Å²) in [6, 6.07) is 0.560. The van der Waals surface area contributed by atoms with E-state index in [1.807, 2.05) is 20.8 Å². The van der Waals surface area contributed by atoms with Crippen LogP contribution in [-0.4, -0.2) is 25.4 Å². The van der Waals surface area contributed by atoms with Crippen molar-refractivity contribution in [1.29, 1.82) is 0 Å². The molecule has 6 nitrogen and oxygen atoms in total. The quantitative estimate of drug-likeness (QED) is 0.925. The van der Waals surface area contributed by atoms with Crippen molar-refractivity contribution in [2.45, 2.75) is 46.7 Å². The highest BCUT2D eigenvalue weighted by atomic mass is 16.4. The molecule has 2 rings (SSSR count). The molecule has 6 heteroatoms. The van der Waals surface area contributed by atoms with E-state index in [1.54, 1.807) is 4.68 Å². The van der Waals surface area contributed by atoms with E-state index in [2.05, 4.69) is 5.10 Å². The minimum absolute atomic E-state index is 0.304. The Morgan fingerprint density at radius 1 is 1.45 bits per heavy atom. The average Bonchev–Trinajstić information content (AvgIpc) is 2.67. The molecule has 0 spiro atoms. The molecule has 0 amide bonds. The topological polar surface area (TPSA) is 77.1 Å². The van der Waals surface area contributed by atoms with Crippen molar-refractivity contribution >= 4 is 17.0 Å². The highest BCUT2D eigenvalue weighted by molar-refractivity contribution is 5.84. The van der Waals surface area contributed by atoms with Crippen molar-refractivity contribution in [3.8, 4) is 0 Å². The number of rotatable bonds is 4. The Hall–Kier alpha value is -2.11. The standard InChI is InChI=1S/C14H19N3O3/c1-5-6-16-13-12(9(3)15-16)8(2)7-11(18)17(13)10(4)14(19)20/h7,10H,5-6H2,1-4H3,(H,19,20). The van der Waals surface area contributed by atoms with Crippen LogP contribution in [0.25, 0.3) is 11.0 Å². The van der Waals surface area contributed by atoms with Crippen LogP contribution in [0.15, 0.2) is 10.9 Å². The summed E-state index contributed by atoms with van der Waals surface area (Å²) >= 11 is 0. The highest BCUT2D eigenvalue weighted by Crippen LogP contribution is 2.23. The maximum atomic E-state index is 12.2. The Kier molecular flexibility index (Phi) is 3.65. The average molecular weight is 277 g/mol. The van der Waals surface area contributed by atoms with Crippen LogP contribution in [0.2, 0.25) is 0 Å². The number of carbonyl (C=O) groups is 1. The fourth-order valence-electron chi connectivity index (χ4n) is 2.56. The molecule has 0 saturated carbocycles. The normalized spacial score (nSPS) is 12.8. The molecule has 0 aliphatic heterocycles. The molecule has 2 heterocycles. The maximum absolute atomic E-state index is 12.2. The second-order valence-electron chi connectivity index (χ2n) is 5.06. The van der Waals surface area contributed by atoms with Crippen LogP contribution >= 0.6 is 0 Å². The molecular formula is C14H19N3O3. The zero-order valence-corrected chi connectivity index (χ0v) is 12.2. The van der Waals surface area contributed by atoms with Gasteiger partial charge in [0.25, 0.3) is 5.56 Å². The van der Waals surface area contributed by atoms with E-state index in [9.17, 15) is 14.7 Å². The van der Waals surface area contributed by atoms with E-state index in [4.69, 9.17) is 0 Å². The van der Waals surface area contributed by atoms with Crippen LogP contribution in [0.3, 0.4) is 0 Å². The van der Waals surface area contributed by atoms with Crippen LogP contribution in [0, 0.1) is 13.8 Å². The lowest BCUT2D eigenvalue weighted by atomic mass is 10.1. The number of carboxylic acid groups (broad SMARTS) is 1. The van der Waals surface area contributed by atoms with Gasteiger partial charge in [-0.25, -0.2) is 9.48 Å². The van der Waals surface area contributed by atoms with Gasteiger partial charge in [-0.2, -0.15) is 5.10 Å². The Bertz CT molecular complexity index is 727. The predicted octanol–water partition coefficient (Wildman–Crippen LogP) is 1.87. The largest absolute Gasteiger partial charge is 0.480 e. The van der Waals surface area contributed by atoms with Crippen LogP contribution in [0.5, 0.6) is 0 Å². The SMILES string of the molecule is CCCn1nc(C)c2c(C)cc(=O)n(C(C)C(=O)O)c21. The molecule has 0 saturated heterocycles. The number of aliphatic carboxylic acids is 1. The van der Waals surface area contributed by atoms with Gasteiger partial charge < -0.3 is 5.11 Å². The number of aromatic nitrogens is 3. The third kappa shape index (κ3) is 2.11. The van der Waals surface area contributed by atoms with Gasteiger partial charge in [0.1, 0.15) is 11.7 Å². The van der Waals surface area contributed by atoms with Crippen LogP contribution in [-0.2, 0) is 11.3 Å². The van der Waals surface area contributed by atoms with Crippen molar-refractivity contribution in [1.82, 2.24) is 14.3 Å². The van der Waals surface area contributed by atoms with Crippen LogP contribution in [0.4, 0.5) is 0 Å². The first-order valence-electron chi connectivity index (χ1n) is 6.70. The molecular weight excluding hydrogens is 258 g/mol. The summed E-state index contributed by atoms with van der Waals surface area (Å²) in [4.78, 5) is 23.5. The van der Waals surface area contributed by atoms with Gasteiger partial charge in [-0.1, -0.05) is 6.92 Å². The lowest BCUT2D eigenvalue weighted by molar-refractivity contribution is -0.140. The van der Waals surface area contributed by atoms with Gasteiger partial charge in [0, 0.05) is 18.0 Å². The second-order valence-corrected chi connectivity index (χ2v) is 5.06. The summed E-state index contributed by atoms with van der Waals surface area (Å²) in [5.74, 6) is -1.03. The minimum atomic E-state index is -1.03. The molecule has 2 aromatic heterocycles. The predicted molar refractivity (Wildman–Crippen MR) is 76.1 cm³/mol. The number of carboxylic acids is 1. The first-order valence-corrected chi connectivity index (χ1v) is 6.70. The zero-order chi connectivity index (χ0) is 15.0. The third-order valence-corrected chi connectivity index (χ3v) is 3.48.